The Morgan fingerprint density at radius 3 is 2.58 bits per heavy atom. The molecule has 96 valence electrons. The van der Waals surface area contributed by atoms with Crippen molar-refractivity contribution in [3.05, 3.63) is 70.8 Å². The topological polar surface area (TPSA) is 20.3 Å². The maximum atomic E-state index is 12.4. The third-order valence-corrected chi connectivity index (χ3v) is 3.68. The summed E-state index contributed by atoms with van der Waals surface area (Å²) in [5, 5.41) is 0. The van der Waals surface area contributed by atoms with Gasteiger partial charge in [-0.3, -0.25) is 4.79 Å². The van der Waals surface area contributed by atoms with Crippen molar-refractivity contribution in [1.29, 1.82) is 0 Å². The van der Waals surface area contributed by atoms with Crippen molar-refractivity contribution in [2.45, 2.75) is 19.9 Å². The fraction of sp³-hybridized carbons (Fsp3) is 0.235. The molecular formula is C17H17NO. The highest BCUT2D eigenvalue weighted by atomic mass is 16.2. The molecule has 0 unspecified atom stereocenters. The van der Waals surface area contributed by atoms with Crippen LogP contribution in [0.1, 0.15) is 27.0 Å². The maximum Gasteiger partial charge on any atom is 0.254 e. The number of nitrogens with zero attached hydrogens (tertiary/aromatic N) is 1. The van der Waals surface area contributed by atoms with Gasteiger partial charge in [-0.2, -0.15) is 0 Å². The van der Waals surface area contributed by atoms with Gasteiger partial charge in [-0.05, 0) is 30.5 Å². The zero-order valence-electron chi connectivity index (χ0n) is 11.1. The summed E-state index contributed by atoms with van der Waals surface area (Å²) < 4.78 is 0. The fourth-order valence-electron chi connectivity index (χ4n) is 2.54. The summed E-state index contributed by atoms with van der Waals surface area (Å²) in [7, 11) is 0. The van der Waals surface area contributed by atoms with Crippen LogP contribution in [0.4, 0.5) is 0 Å². The van der Waals surface area contributed by atoms with Crippen molar-refractivity contribution in [2.75, 3.05) is 6.54 Å². The van der Waals surface area contributed by atoms with Gasteiger partial charge in [-0.25, -0.2) is 0 Å². The van der Waals surface area contributed by atoms with Gasteiger partial charge in [0.1, 0.15) is 0 Å². The van der Waals surface area contributed by atoms with Crippen molar-refractivity contribution in [3.8, 4) is 0 Å². The summed E-state index contributed by atoms with van der Waals surface area (Å²) in [6, 6.07) is 16.3. The molecule has 0 bridgehead atoms. The van der Waals surface area contributed by atoms with Crippen LogP contribution >= 0.6 is 0 Å². The van der Waals surface area contributed by atoms with Gasteiger partial charge >= 0.3 is 0 Å². The monoisotopic (exact) mass is 251 g/mol. The lowest BCUT2D eigenvalue weighted by Crippen LogP contribution is -2.36. The van der Waals surface area contributed by atoms with Crippen molar-refractivity contribution in [1.82, 2.24) is 4.90 Å². The van der Waals surface area contributed by atoms with Gasteiger partial charge in [0.2, 0.25) is 0 Å². The Morgan fingerprint density at radius 1 is 1.05 bits per heavy atom. The number of benzene rings is 2. The second-order valence-electron chi connectivity index (χ2n) is 5.12. The molecule has 0 saturated heterocycles. The van der Waals surface area contributed by atoms with E-state index in [1.807, 2.05) is 23.1 Å². The second-order valence-corrected chi connectivity index (χ2v) is 5.12. The molecular weight excluding hydrogens is 234 g/mol. The van der Waals surface area contributed by atoms with E-state index in [1.165, 1.54) is 16.7 Å². The average Bonchev–Trinajstić information content (AvgIpc) is 2.45. The number of rotatable bonds is 2. The summed E-state index contributed by atoms with van der Waals surface area (Å²) in [4.78, 5) is 14.4. The number of fused-ring (bicyclic) bond motifs is 1. The van der Waals surface area contributed by atoms with Gasteiger partial charge in [-0.15, -0.1) is 0 Å². The Morgan fingerprint density at radius 2 is 1.79 bits per heavy atom. The molecule has 2 heteroatoms. The maximum absolute atomic E-state index is 12.4. The summed E-state index contributed by atoms with van der Waals surface area (Å²) >= 11 is 0. The zero-order chi connectivity index (χ0) is 13.2. The van der Waals surface area contributed by atoms with Crippen molar-refractivity contribution < 1.29 is 4.79 Å². The molecule has 0 atom stereocenters. The predicted octanol–water partition coefficient (Wildman–Crippen LogP) is 3.19. The molecule has 19 heavy (non-hydrogen) atoms. The number of amides is 1. The van der Waals surface area contributed by atoms with Crippen LogP contribution in [0.2, 0.25) is 0 Å². The molecule has 0 aromatic heterocycles. The lowest BCUT2D eigenvalue weighted by molar-refractivity contribution is 0.0727. The van der Waals surface area contributed by atoms with Crippen molar-refractivity contribution >= 4 is 5.91 Å². The summed E-state index contributed by atoms with van der Waals surface area (Å²) in [6.45, 7) is 3.59. The smallest absolute Gasteiger partial charge is 0.254 e. The van der Waals surface area contributed by atoms with Gasteiger partial charge in [0.25, 0.3) is 5.91 Å². The van der Waals surface area contributed by atoms with Crippen molar-refractivity contribution in [2.24, 2.45) is 0 Å². The third-order valence-electron chi connectivity index (χ3n) is 3.68. The molecule has 0 saturated carbocycles. The van der Waals surface area contributed by atoms with Crippen LogP contribution in [0.3, 0.4) is 0 Å². The van der Waals surface area contributed by atoms with Gasteiger partial charge in [0.15, 0.2) is 0 Å². The van der Waals surface area contributed by atoms with E-state index in [-0.39, 0.29) is 5.91 Å². The summed E-state index contributed by atoms with van der Waals surface area (Å²) in [5.41, 5.74) is 4.48. The fourth-order valence-corrected chi connectivity index (χ4v) is 2.54. The van der Waals surface area contributed by atoms with Gasteiger partial charge in [-0.1, -0.05) is 48.0 Å². The van der Waals surface area contributed by atoms with E-state index >= 15 is 0 Å². The minimum absolute atomic E-state index is 0.155. The molecule has 0 spiro atoms. The predicted molar refractivity (Wildman–Crippen MR) is 76.1 cm³/mol. The molecule has 3 rings (SSSR count). The van der Waals surface area contributed by atoms with Gasteiger partial charge in [0.05, 0.1) is 0 Å². The normalized spacial score (nSPS) is 14.4. The van der Waals surface area contributed by atoms with Crippen LogP contribution in [0, 0.1) is 6.92 Å². The number of hydrogen-bond acceptors (Lipinski definition) is 1. The molecule has 0 radical (unpaired) electrons. The van der Waals surface area contributed by atoms with Crippen LogP contribution in [0.15, 0.2) is 48.5 Å². The lowest BCUT2D eigenvalue weighted by Gasteiger charge is -2.28. The molecule has 1 aliphatic heterocycles. The van der Waals surface area contributed by atoms with E-state index in [4.69, 9.17) is 0 Å². The highest BCUT2D eigenvalue weighted by Crippen LogP contribution is 2.20. The first-order chi connectivity index (χ1) is 9.24. The first-order valence-corrected chi connectivity index (χ1v) is 6.67. The van der Waals surface area contributed by atoms with E-state index in [0.717, 1.165) is 18.5 Å². The molecule has 2 aromatic rings. The summed E-state index contributed by atoms with van der Waals surface area (Å²) in [5.74, 6) is 0.155. The van der Waals surface area contributed by atoms with E-state index < -0.39 is 0 Å². The number of aryl methyl sites for hydroxylation is 1. The molecule has 2 nitrogen and oxygen atoms in total. The Hall–Kier alpha value is -2.09. The molecule has 2 aromatic carbocycles. The van der Waals surface area contributed by atoms with Gasteiger partial charge < -0.3 is 4.90 Å². The third kappa shape index (κ3) is 2.39. The Bertz CT molecular complexity index is 601. The Kier molecular flexibility index (Phi) is 3.08. The van der Waals surface area contributed by atoms with Crippen LogP contribution in [0.25, 0.3) is 0 Å². The van der Waals surface area contributed by atoms with Crippen LogP contribution in [0.5, 0.6) is 0 Å². The highest BCUT2D eigenvalue weighted by Gasteiger charge is 2.23. The molecule has 1 aliphatic rings. The van der Waals surface area contributed by atoms with Crippen LogP contribution < -0.4 is 0 Å². The van der Waals surface area contributed by atoms with Crippen LogP contribution in [-0.4, -0.2) is 17.4 Å². The Balaban J connectivity index is 1.81. The number of hydrogen-bond donors (Lipinski definition) is 0. The zero-order valence-corrected chi connectivity index (χ0v) is 11.1. The molecule has 1 amide bonds. The Labute approximate surface area is 113 Å². The van der Waals surface area contributed by atoms with E-state index in [2.05, 4.69) is 37.3 Å². The average molecular weight is 251 g/mol. The van der Waals surface area contributed by atoms with Crippen molar-refractivity contribution in [3.63, 3.8) is 0 Å². The first kappa shape index (κ1) is 12.0. The van der Waals surface area contributed by atoms with E-state index in [9.17, 15) is 4.79 Å². The molecule has 0 fully saturated rings. The SMILES string of the molecule is Cc1ccc(CN2CCc3ccccc3C2=O)cc1. The number of carbonyl (C=O) groups excluding carboxylic acids is 1. The first-order valence-electron chi connectivity index (χ1n) is 6.67. The lowest BCUT2D eigenvalue weighted by atomic mass is 9.98. The molecule has 0 N–H and O–H groups in total. The number of carbonyl (C=O) groups is 1. The van der Waals surface area contributed by atoms with Gasteiger partial charge in [0, 0.05) is 18.7 Å². The summed E-state index contributed by atoms with van der Waals surface area (Å²) in [6.07, 6.45) is 0.952. The highest BCUT2D eigenvalue weighted by molar-refractivity contribution is 5.96. The largest absolute Gasteiger partial charge is 0.334 e. The molecule has 0 aliphatic carbocycles. The minimum atomic E-state index is 0.155. The molecule has 1 heterocycles. The standard InChI is InChI=1S/C17H17NO/c1-13-6-8-14(9-7-13)12-18-11-10-15-4-2-3-5-16(15)17(18)19/h2-9H,10-12H2,1H3. The van der Waals surface area contributed by atoms with E-state index in [1.54, 1.807) is 0 Å². The minimum Gasteiger partial charge on any atom is -0.334 e. The second kappa shape index (κ2) is 4.88. The quantitative estimate of drug-likeness (QED) is 0.802. The van der Waals surface area contributed by atoms with E-state index in [0.29, 0.717) is 6.54 Å². The van der Waals surface area contributed by atoms with Crippen LogP contribution in [-0.2, 0) is 13.0 Å².